The molecule has 0 spiro atoms. The van der Waals surface area contributed by atoms with Gasteiger partial charge in [-0.2, -0.15) is 0 Å². The Labute approximate surface area is 97.3 Å². The fourth-order valence-corrected chi connectivity index (χ4v) is 2.10. The van der Waals surface area contributed by atoms with Crippen LogP contribution in [-0.4, -0.2) is 6.10 Å². The van der Waals surface area contributed by atoms with E-state index in [2.05, 4.69) is 42.7 Å². The lowest BCUT2D eigenvalue weighted by atomic mass is 9.98. The highest BCUT2D eigenvalue weighted by Crippen LogP contribution is 2.17. The lowest BCUT2D eigenvalue weighted by molar-refractivity contribution is 0.0430. The Morgan fingerprint density at radius 3 is 2.62 bits per heavy atom. The standard InChI is InChI=1S/C14H19NO/c1-3-6-12-7-4-5-8-13(12)10-14-9-11(2)15-16-14/h4-5,7-9,14-15H,3,6,10H2,1-2H3. The number of allylic oxidation sites excluding steroid dienone is 1. The van der Waals surface area contributed by atoms with E-state index in [0.29, 0.717) is 0 Å². The predicted molar refractivity (Wildman–Crippen MR) is 65.9 cm³/mol. The van der Waals surface area contributed by atoms with E-state index in [1.54, 1.807) is 0 Å². The number of hydrogen-bond donors (Lipinski definition) is 1. The number of benzene rings is 1. The minimum atomic E-state index is 0.179. The lowest BCUT2D eigenvalue weighted by Gasteiger charge is -2.11. The van der Waals surface area contributed by atoms with Crippen LogP contribution in [-0.2, 0) is 17.7 Å². The molecule has 0 saturated carbocycles. The fourth-order valence-electron chi connectivity index (χ4n) is 2.10. The first-order chi connectivity index (χ1) is 7.79. The first-order valence-corrected chi connectivity index (χ1v) is 5.96. The highest BCUT2D eigenvalue weighted by molar-refractivity contribution is 5.29. The molecule has 2 rings (SSSR count). The maximum Gasteiger partial charge on any atom is 0.109 e. The van der Waals surface area contributed by atoms with Gasteiger partial charge in [0.2, 0.25) is 0 Å². The van der Waals surface area contributed by atoms with Gasteiger partial charge in [-0.25, -0.2) is 0 Å². The van der Waals surface area contributed by atoms with E-state index in [0.717, 1.165) is 18.5 Å². The van der Waals surface area contributed by atoms with Crippen molar-refractivity contribution in [2.45, 2.75) is 39.2 Å². The number of rotatable bonds is 4. The molecule has 2 heteroatoms. The van der Waals surface area contributed by atoms with Crippen molar-refractivity contribution in [2.24, 2.45) is 0 Å². The molecule has 0 saturated heterocycles. The molecule has 0 bridgehead atoms. The molecule has 2 nitrogen and oxygen atoms in total. The average molecular weight is 217 g/mol. The summed E-state index contributed by atoms with van der Waals surface area (Å²) < 4.78 is 0. The van der Waals surface area contributed by atoms with E-state index in [9.17, 15) is 0 Å². The first kappa shape index (κ1) is 11.2. The van der Waals surface area contributed by atoms with E-state index in [1.807, 2.05) is 6.92 Å². The molecule has 1 heterocycles. The molecular formula is C14H19NO. The Hall–Kier alpha value is -1.28. The van der Waals surface area contributed by atoms with E-state index in [4.69, 9.17) is 4.84 Å². The molecule has 1 aliphatic rings. The van der Waals surface area contributed by atoms with Gasteiger partial charge in [0.05, 0.1) is 0 Å². The van der Waals surface area contributed by atoms with Gasteiger partial charge in [0, 0.05) is 12.1 Å². The zero-order valence-corrected chi connectivity index (χ0v) is 9.99. The second-order valence-electron chi connectivity index (χ2n) is 4.33. The summed E-state index contributed by atoms with van der Waals surface area (Å²) in [6.07, 6.45) is 5.62. The fraction of sp³-hybridized carbons (Fsp3) is 0.429. The minimum absolute atomic E-state index is 0.179. The van der Waals surface area contributed by atoms with Crippen LogP contribution in [0, 0.1) is 0 Å². The van der Waals surface area contributed by atoms with Crippen molar-refractivity contribution in [2.75, 3.05) is 0 Å². The lowest BCUT2D eigenvalue weighted by Crippen LogP contribution is -2.15. The van der Waals surface area contributed by atoms with Crippen molar-refractivity contribution in [1.29, 1.82) is 0 Å². The van der Waals surface area contributed by atoms with Gasteiger partial charge in [0.1, 0.15) is 6.10 Å². The zero-order valence-electron chi connectivity index (χ0n) is 9.99. The van der Waals surface area contributed by atoms with E-state index < -0.39 is 0 Å². The Kier molecular flexibility index (Phi) is 3.62. The van der Waals surface area contributed by atoms with E-state index in [-0.39, 0.29) is 6.10 Å². The first-order valence-electron chi connectivity index (χ1n) is 5.96. The monoisotopic (exact) mass is 217 g/mol. The van der Waals surface area contributed by atoms with Crippen LogP contribution >= 0.6 is 0 Å². The number of hydrogen-bond acceptors (Lipinski definition) is 2. The van der Waals surface area contributed by atoms with Gasteiger partial charge >= 0.3 is 0 Å². The summed E-state index contributed by atoms with van der Waals surface area (Å²) in [5.74, 6) is 0. The largest absolute Gasteiger partial charge is 0.271 e. The Bertz CT molecular complexity index is 384. The van der Waals surface area contributed by atoms with Gasteiger partial charge in [-0.15, -0.1) is 0 Å². The van der Waals surface area contributed by atoms with Crippen LogP contribution in [0.1, 0.15) is 31.4 Å². The topological polar surface area (TPSA) is 21.3 Å². The van der Waals surface area contributed by atoms with Crippen molar-refractivity contribution in [3.05, 3.63) is 47.2 Å². The normalized spacial score (nSPS) is 19.4. The van der Waals surface area contributed by atoms with Gasteiger partial charge in [0.25, 0.3) is 0 Å². The third-order valence-corrected chi connectivity index (χ3v) is 2.87. The average Bonchev–Trinajstić information content (AvgIpc) is 2.67. The summed E-state index contributed by atoms with van der Waals surface area (Å²) in [7, 11) is 0. The molecule has 0 aromatic heterocycles. The smallest absolute Gasteiger partial charge is 0.109 e. The summed E-state index contributed by atoms with van der Waals surface area (Å²) in [6.45, 7) is 4.24. The molecular weight excluding hydrogens is 198 g/mol. The van der Waals surface area contributed by atoms with Crippen LogP contribution in [0.15, 0.2) is 36.0 Å². The second kappa shape index (κ2) is 5.17. The molecule has 1 aromatic carbocycles. The van der Waals surface area contributed by atoms with Crippen LogP contribution in [0.3, 0.4) is 0 Å². The molecule has 0 aliphatic carbocycles. The van der Waals surface area contributed by atoms with Gasteiger partial charge in [-0.1, -0.05) is 37.6 Å². The highest BCUT2D eigenvalue weighted by atomic mass is 16.7. The Balaban J connectivity index is 2.08. The molecule has 16 heavy (non-hydrogen) atoms. The number of nitrogens with one attached hydrogen (secondary N) is 1. The van der Waals surface area contributed by atoms with Crippen LogP contribution in [0.25, 0.3) is 0 Å². The molecule has 0 fully saturated rings. The van der Waals surface area contributed by atoms with Crippen molar-refractivity contribution in [3.8, 4) is 0 Å². The molecule has 1 atom stereocenters. The van der Waals surface area contributed by atoms with Crippen LogP contribution < -0.4 is 5.48 Å². The minimum Gasteiger partial charge on any atom is -0.271 e. The van der Waals surface area contributed by atoms with Gasteiger partial charge in [-0.05, 0) is 30.5 Å². The van der Waals surface area contributed by atoms with Gasteiger partial charge < -0.3 is 0 Å². The number of hydroxylamine groups is 1. The van der Waals surface area contributed by atoms with E-state index in [1.165, 1.54) is 17.5 Å². The Morgan fingerprint density at radius 1 is 1.25 bits per heavy atom. The summed E-state index contributed by atoms with van der Waals surface area (Å²) >= 11 is 0. The maximum atomic E-state index is 5.46. The summed E-state index contributed by atoms with van der Waals surface area (Å²) in [5.41, 5.74) is 6.87. The van der Waals surface area contributed by atoms with Gasteiger partial charge in [-0.3, -0.25) is 10.3 Å². The third kappa shape index (κ3) is 2.64. The predicted octanol–water partition coefficient (Wildman–Crippen LogP) is 2.99. The van der Waals surface area contributed by atoms with Crippen molar-refractivity contribution < 1.29 is 4.84 Å². The van der Waals surface area contributed by atoms with E-state index >= 15 is 0 Å². The molecule has 1 aliphatic heterocycles. The quantitative estimate of drug-likeness (QED) is 0.837. The molecule has 1 N–H and O–H groups in total. The van der Waals surface area contributed by atoms with Crippen LogP contribution in [0.4, 0.5) is 0 Å². The van der Waals surface area contributed by atoms with Crippen LogP contribution in [0.5, 0.6) is 0 Å². The summed E-state index contributed by atoms with van der Waals surface area (Å²) in [5, 5.41) is 0. The zero-order chi connectivity index (χ0) is 11.4. The SMILES string of the molecule is CCCc1ccccc1CC1C=C(C)NO1. The van der Waals surface area contributed by atoms with Crippen LogP contribution in [0.2, 0.25) is 0 Å². The molecule has 1 aromatic rings. The molecule has 0 radical (unpaired) electrons. The number of aryl methyl sites for hydroxylation is 1. The van der Waals surface area contributed by atoms with Gasteiger partial charge in [0.15, 0.2) is 0 Å². The summed E-state index contributed by atoms with van der Waals surface area (Å²) in [6, 6.07) is 8.64. The maximum absolute atomic E-state index is 5.46. The Morgan fingerprint density at radius 2 is 2.00 bits per heavy atom. The third-order valence-electron chi connectivity index (χ3n) is 2.87. The molecule has 86 valence electrons. The summed E-state index contributed by atoms with van der Waals surface area (Å²) in [4.78, 5) is 5.46. The van der Waals surface area contributed by atoms with Crippen molar-refractivity contribution in [3.63, 3.8) is 0 Å². The molecule has 0 amide bonds. The van der Waals surface area contributed by atoms with Crippen molar-refractivity contribution >= 4 is 0 Å². The van der Waals surface area contributed by atoms with Crippen molar-refractivity contribution in [1.82, 2.24) is 5.48 Å². The molecule has 1 unspecified atom stereocenters. The second-order valence-corrected chi connectivity index (χ2v) is 4.33. The highest BCUT2D eigenvalue weighted by Gasteiger charge is 2.15.